The minimum Gasteiger partial charge on any atom is -0.350 e. The third-order valence-electron chi connectivity index (χ3n) is 3.67. The van der Waals surface area contributed by atoms with Gasteiger partial charge in [-0.1, -0.05) is 44.2 Å². The number of carbonyl (C=O) groups is 2. The number of hydrogen-bond acceptors (Lipinski definition) is 4. The maximum Gasteiger partial charge on any atom is 0.220 e. The summed E-state index contributed by atoms with van der Waals surface area (Å²) in [6.45, 7) is 6.04. The summed E-state index contributed by atoms with van der Waals surface area (Å²) in [7, 11) is 0. The van der Waals surface area contributed by atoms with Crippen molar-refractivity contribution in [1.29, 1.82) is 0 Å². The number of carbonyl (C=O) groups excluding carboxylic acids is 2. The molecule has 0 aliphatic rings. The maximum atomic E-state index is 12.3. The first kappa shape index (κ1) is 17.8. The van der Waals surface area contributed by atoms with Gasteiger partial charge in [-0.15, -0.1) is 0 Å². The van der Waals surface area contributed by atoms with Crippen LogP contribution in [0.3, 0.4) is 0 Å². The van der Waals surface area contributed by atoms with Gasteiger partial charge in [-0.05, 0) is 18.4 Å². The van der Waals surface area contributed by atoms with Crippen molar-refractivity contribution in [2.75, 3.05) is 0 Å². The highest BCUT2D eigenvalue weighted by molar-refractivity contribution is 5.96. The Balaban J connectivity index is 1.86. The van der Waals surface area contributed by atoms with Gasteiger partial charge >= 0.3 is 0 Å². The third-order valence-corrected chi connectivity index (χ3v) is 3.67. The molecule has 1 amide bonds. The molecule has 0 saturated carbocycles. The van der Waals surface area contributed by atoms with Crippen LogP contribution in [-0.4, -0.2) is 21.7 Å². The van der Waals surface area contributed by atoms with E-state index in [2.05, 4.69) is 15.3 Å². The summed E-state index contributed by atoms with van der Waals surface area (Å²) >= 11 is 0. The first-order valence-electron chi connectivity index (χ1n) is 7.99. The zero-order valence-electron chi connectivity index (χ0n) is 14.4. The molecule has 0 unspecified atom stereocenters. The topological polar surface area (TPSA) is 72.0 Å². The van der Waals surface area contributed by atoms with Crippen molar-refractivity contribution >= 4 is 11.7 Å². The van der Waals surface area contributed by atoms with E-state index in [0.29, 0.717) is 24.4 Å². The van der Waals surface area contributed by atoms with Crippen LogP contribution in [0.1, 0.15) is 48.6 Å². The normalized spacial score (nSPS) is 11.1. The molecule has 0 aliphatic heterocycles. The summed E-state index contributed by atoms with van der Waals surface area (Å²) in [5.74, 6) is 0.646. The van der Waals surface area contributed by atoms with Crippen LogP contribution in [0.15, 0.2) is 42.6 Å². The minimum atomic E-state index is -0.404. The predicted molar refractivity (Wildman–Crippen MR) is 92.4 cm³/mol. The Kier molecular flexibility index (Phi) is 5.79. The van der Waals surface area contributed by atoms with Crippen molar-refractivity contribution in [2.45, 2.75) is 40.2 Å². The van der Waals surface area contributed by atoms with E-state index in [1.165, 1.54) is 0 Å². The van der Waals surface area contributed by atoms with Crippen molar-refractivity contribution in [3.05, 3.63) is 59.7 Å². The number of aromatic nitrogens is 2. The van der Waals surface area contributed by atoms with Gasteiger partial charge in [0.15, 0.2) is 5.78 Å². The third kappa shape index (κ3) is 5.57. The molecule has 0 radical (unpaired) electrons. The minimum absolute atomic E-state index is 0.0554. The van der Waals surface area contributed by atoms with Gasteiger partial charge in [0.25, 0.3) is 0 Å². The number of amides is 1. The van der Waals surface area contributed by atoms with Crippen LogP contribution in [0.2, 0.25) is 0 Å². The SMILES string of the molecule is Cc1nccc(CNC(=O)CC(C)(C)CC(=O)c2ccccc2)n1. The zero-order chi connectivity index (χ0) is 17.6. The lowest BCUT2D eigenvalue weighted by atomic mass is 9.82. The van der Waals surface area contributed by atoms with Crippen LogP contribution in [-0.2, 0) is 11.3 Å². The lowest BCUT2D eigenvalue weighted by Crippen LogP contribution is -2.30. The van der Waals surface area contributed by atoms with Gasteiger partial charge in [0, 0.05) is 24.6 Å². The molecule has 0 spiro atoms. The average Bonchev–Trinajstić information content (AvgIpc) is 2.53. The summed E-state index contributed by atoms with van der Waals surface area (Å²) in [6, 6.07) is 10.9. The highest BCUT2D eigenvalue weighted by atomic mass is 16.1. The van der Waals surface area contributed by atoms with Gasteiger partial charge in [0.1, 0.15) is 5.82 Å². The molecule has 24 heavy (non-hydrogen) atoms. The Bertz CT molecular complexity index is 712. The van der Waals surface area contributed by atoms with Gasteiger partial charge in [-0.3, -0.25) is 9.59 Å². The van der Waals surface area contributed by atoms with E-state index in [-0.39, 0.29) is 18.1 Å². The standard InChI is InChI=1S/C19H23N3O2/c1-14-20-10-9-16(22-14)13-21-18(24)12-19(2,3)11-17(23)15-7-5-4-6-8-15/h4-10H,11-13H2,1-3H3,(H,21,24). The molecule has 0 atom stereocenters. The van der Waals surface area contributed by atoms with Gasteiger partial charge in [0.05, 0.1) is 12.2 Å². The second kappa shape index (κ2) is 7.81. The summed E-state index contributed by atoms with van der Waals surface area (Å²) in [5.41, 5.74) is 1.05. The molecule has 0 aliphatic carbocycles. The average molecular weight is 325 g/mol. The molecule has 126 valence electrons. The molecular weight excluding hydrogens is 302 g/mol. The quantitative estimate of drug-likeness (QED) is 0.794. The number of ketones is 1. The Labute approximate surface area is 142 Å². The van der Waals surface area contributed by atoms with Crippen molar-refractivity contribution in [1.82, 2.24) is 15.3 Å². The number of hydrogen-bond donors (Lipinski definition) is 1. The number of aryl methyl sites for hydroxylation is 1. The van der Waals surface area contributed by atoms with E-state index in [9.17, 15) is 9.59 Å². The van der Waals surface area contributed by atoms with Crippen molar-refractivity contribution in [3.63, 3.8) is 0 Å². The van der Waals surface area contributed by atoms with Gasteiger partial charge < -0.3 is 5.32 Å². The van der Waals surface area contributed by atoms with Gasteiger partial charge in [-0.25, -0.2) is 9.97 Å². The van der Waals surface area contributed by atoms with Crippen LogP contribution in [0.5, 0.6) is 0 Å². The van der Waals surface area contributed by atoms with E-state index < -0.39 is 5.41 Å². The molecule has 1 heterocycles. The fourth-order valence-electron chi connectivity index (χ4n) is 2.51. The molecule has 0 bridgehead atoms. The Morgan fingerprint density at radius 3 is 2.46 bits per heavy atom. The summed E-state index contributed by atoms with van der Waals surface area (Å²) < 4.78 is 0. The molecule has 1 aromatic carbocycles. The second-order valence-corrected chi connectivity index (χ2v) is 6.68. The zero-order valence-corrected chi connectivity index (χ0v) is 14.4. The molecule has 0 fully saturated rings. The number of rotatable bonds is 7. The Morgan fingerprint density at radius 1 is 1.08 bits per heavy atom. The maximum absolute atomic E-state index is 12.3. The lowest BCUT2D eigenvalue weighted by Gasteiger charge is -2.23. The lowest BCUT2D eigenvalue weighted by molar-refractivity contribution is -0.123. The molecular formula is C19H23N3O2. The van der Waals surface area contributed by atoms with Crippen molar-refractivity contribution in [2.24, 2.45) is 5.41 Å². The summed E-state index contributed by atoms with van der Waals surface area (Å²) in [5, 5.41) is 2.85. The number of nitrogens with zero attached hydrogens (tertiary/aromatic N) is 2. The summed E-state index contributed by atoms with van der Waals surface area (Å²) in [4.78, 5) is 32.8. The number of Topliss-reactive ketones (excluding diaryl/α,β-unsaturated/α-hetero) is 1. The monoisotopic (exact) mass is 325 g/mol. The predicted octanol–water partition coefficient (Wildman–Crippen LogP) is 3.09. The van der Waals surface area contributed by atoms with Crippen LogP contribution in [0, 0.1) is 12.3 Å². The van der Waals surface area contributed by atoms with Crippen LogP contribution in [0.25, 0.3) is 0 Å². The molecule has 1 aromatic heterocycles. The van der Waals surface area contributed by atoms with Gasteiger partial charge in [0.2, 0.25) is 5.91 Å². The fraction of sp³-hybridized carbons (Fsp3) is 0.368. The van der Waals surface area contributed by atoms with Crippen molar-refractivity contribution < 1.29 is 9.59 Å². The summed E-state index contributed by atoms with van der Waals surface area (Å²) in [6.07, 6.45) is 2.29. The molecule has 2 aromatic rings. The molecule has 1 N–H and O–H groups in total. The van der Waals surface area contributed by atoms with Crippen LogP contribution < -0.4 is 5.32 Å². The van der Waals surface area contributed by atoms with E-state index in [0.717, 1.165) is 5.69 Å². The molecule has 5 heteroatoms. The molecule has 0 saturated heterocycles. The van der Waals surface area contributed by atoms with Crippen molar-refractivity contribution in [3.8, 4) is 0 Å². The first-order chi connectivity index (χ1) is 11.4. The van der Waals surface area contributed by atoms with Crippen LogP contribution in [0.4, 0.5) is 0 Å². The van der Waals surface area contributed by atoms with Crippen LogP contribution >= 0.6 is 0 Å². The Morgan fingerprint density at radius 2 is 1.79 bits per heavy atom. The highest BCUT2D eigenvalue weighted by Gasteiger charge is 2.25. The molecule has 2 rings (SSSR count). The smallest absolute Gasteiger partial charge is 0.220 e. The van der Waals surface area contributed by atoms with E-state index >= 15 is 0 Å². The largest absolute Gasteiger partial charge is 0.350 e. The van der Waals surface area contributed by atoms with E-state index in [4.69, 9.17) is 0 Å². The first-order valence-corrected chi connectivity index (χ1v) is 7.99. The fourth-order valence-corrected chi connectivity index (χ4v) is 2.51. The number of benzene rings is 1. The Hall–Kier alpha value is -2.56. The number of nitrogens with one attached hydrogen (secondary N) is 1. The van der Waals surface area contributed by atoms with E-state index in [1.54, 1.807) is 24.4 Å². The highest BCUT2D eigenvalue weighted by Crippen LogP contribution is 2.27. The van der Waals surface area contributed by atoms with Gasteiger partial charge in [-0.2, -0.15) is 0 Å². The molecule has 5 nitrogen and oxygen atoms in total. The second-order valence-electron chi connectivity index (χ2n) is 6.68. The van der Waals surface area contributed by atoms with E-state index in [1.807, 2.05) is 39.0 Å².